The molecule has 1 aliphatic heterocycles. The average molecular weight is 210 g/mol. The van der Waals surface area contributed by atoms with Gasteiger partial charge in [-0.25, -0.2) is 0 Å². The zero-order valence-corrected chi connectivity index (χ0v) is 7.55. The fourth-order valence-electron chi connectivity index (χ4n) is 0.830. The first-order valence-corrected chi connectivity index (χ1v) is 3.79. The van der Waals surface area contributed by atoms with Gasteiger partial charge in [0.15, 0.2) is 0 Å². The normalized spacial score (nSPS) is 19.6. The Hall–Kier alpha value is -1.33. The molecule has 0 fully saturated rings. The molecule has 0 spiro atoms. The highest BCUT2D eigenvalue weighted by atomic mass is 19.4. The van der Waals surface area contributed by atoms with Crippen LogP contribution in [0.25, 0.3) is 0 Å². The van der Waals surface area contributed by atoms with E-state index in [1.807, 2.05) is 0 Å². The van der Waals surface area contributed by atoms with Crippen molar-refractivity contribution in [2.45, 2.75) is 26.3 Å². The van der Waals surface area contributed by atoms with E-state index in [-0.39, 0.29) is 0 Å². The molecule has 1 aliphatic rings. The number of allylic oxidation sites excluding steroid dienone is 3. The standard InChI is InChI=1S/C8H9F3O3/c1-4-5(2)14-7(13-4)3-6(12)8(9,10)11/h3,7,12H,1-2H3/b6-3-. The van der Waals surface area contributed by atoms with Crippen LogP contribution in [0, 0.1) is 0 Å². The molecule has 0 aromatic carbocycles. The average Bonchev–Trinajstić information content (AvgIpc) is 2.29. The van der Waals surface area contributed by atoms with Crippen LogP contribution in [0.3, 0.4) is 0 Å². The molecular weight excluding hydrogens is 201 g/mol. The molecule has 0 radical (unpaired) electrons. The Bertz CT molecular complexity index is 277. The summed E-state index contributed by atoms with van der Waals surface area (Å²) in [5.74, 6) is -0.910. The predicted molar refractivity (Wildman–Crippen MR) is 41.1 cm³/mol. The van der Waals surface area contributed by atoms with Crippen LogP contribution in [0.15, 0.2) is 23.4 Å². The second kappa shape index (κ2) is 3.43. The van der Waals surface area contributed by atoms with Gasteiger partial charge in [-0.3, -0.25) is 0 Å². The number of aliphatic hydroxyl groups excluding tert-OH is 1. The lowest BCUT2D eigenvalue weighted by Crippen LogP contribution is -2.15. The van der Waals surface area contributed by atoms with Crippen molar-refractivity contribution in [3.05, 3.63) is 23.4 Å². The molecule has 80 valence electrons. The van der Waals surface area contributed by atoms with E-state index < -0.39 is 18.2 Å². The fourth-order valence-corrected chi connectivity index (χ4v) is 0.830. The van der Waals surface area contributed by atoms with Crippen molar-refractivity contribution in [1.29, 1.82) is 0 Å². The third kappa shape index (κ3) is 2.34. The predicted octanol–water partition coefficient (Wildman–Crippen LogP) is 2.61. The Morgan fingerprint density at radius 1 is 1.29 bits per heavy atom. The van der Waals surface area contributed by atoms with Crippen molar-refractivity contribution in [3.8, 4) is 0 Å². The maximum absolute atomic E-state index is 11.9. The number of aliphatic hydroxyl groups is 1. The highest BCUT2D eigenvalue weighted by molar-refractivity contribution is 5.07. The molecule has 0 bridgehead atoms. The van der Waals surface area contributed by atoms with Gasteiger partial charge in [-0.15, -0.1) is 0 Å². The van der Waals surface area contributed by atoms with Crippen LogP contribution in [-0.2, 0) is 9.47 Å². The molecule has 0 saturated carbocycles. The van der Waals surface area contributed by atoms with Crippen molar-refractivity contribution in [2.75, 3.05) is 0 Å². The number of rotatable bonds is 1. The molecule has 0 unspecified atom stereocenters. The monoisotopic (exact) mass is 210 g/mol. The lowest BCUT2D eigenvalue weighted by atomic mass is 10.4. The van der Waals surface area contributed by atoms with Crippen molar-refractivity contribution in [2.24, 2.45) is 0 Å². The van der Waals surface area contributed by atoms with Crippen LogP contribution in [0.2, 0.25) is 0 Å². The van der Waals surface area contributed by atoms with Crippen molar-refractivity contribution < 1.29 is 27.8 Å². The van der Waals surface area contributed by atoms with Gasteiger partial charge in [-0.05, 0) is 13.8 Å². The second-order valence-corrected chi connectivity index (χ2v) is 2.77. The SMILES string of the molecule is CC1=C(C)OC(/C=C(\O)C(F)(F)F)O1. The number of alkyl halides is 3. The smallest absolute Gasteiger partial charge is 0.448 e. The second-order valence-electron chi connectivity index (χ2n) is 2.77. The summed E-state index contributed by atoms with van der Waals surface area (Å²) in [6.45, 7) is 3.13. The minimum absolute atomic E-state index is 0.404. The minimum atomic E-state index is -4.77. The Kier molecular flexibility index (Phi) is 2.64. The van der Waals surface area contributed by atoms with Gasteiger partial charge < -0.3 is 14.6 Å². The minimum Gasteiger partial charge on any atom is -0.504 e. The van der Waals surface area contributed by atoms with Crippen molar-refractivity contribution in [3.63, 3.8) is 0 Å². The summed E-state index contributed by atoms with van der Waals surface area (Å²) in [6.07, 6.45) is -5.49. The van der Waals surface area contributed by atoms with Crippen LogP contribution in [0.5, 0.6) is 0 Å². The van der Waals surface area contributed by atoms with Crippen LogP contribution in [0.1, 0.15) is 13.8 Å². The van der Waals surface area contributed by atoms with Crippen LogP contribution in [-0.4, -0.2) is 17.6 Å². The van der Waals surface area contributed by atoms with Gasteiger partial charge >= 0.3 is 6.18 Å². The third-order valence-corrected chi connectivity index (χ3v) is 1.67. The quantitative estimate of drug-likeness (QED) is 0.676. The maximum atomic E-state index is 11.9. The summed E-state index contributed by atoms with van der Waals surface area (Å²) in [4.78, 5) is 0. The first-order chi connectivity index (χ1) is 6.30. The number of halogens is 3. The zero-order chi connectivity index (χ0) is 10.9. The van der Waals surface area contributed by atoms with Crippen molar-refractivity contribution >= 4 is 0 Å². The van der Waals surface area contributed by atoms with E-state index in [0.29, 0.717) is 17.6 Å². The molecule has 0 aliphatic carbocycles. The van der Waals surface area contributed by atoms with E-state index in [9.17, 15) is 13.2 Å². The molecule has 0 aromatic rings. The third-order valence-electron chi connectivity index (χ3n) is 1.67. The Balaban J connectivity index is 2.65. The van der Waals surface area contributed by atoms with E-state index in [2.05, 4.69) is 0 Å². The summed E-state index contributed by atoms with van der Waals surface area (Å²) in [5.41, 5.74) is 0. The summed E-state index contributed by atoms with van der Waals surface area (Å²) < 4.78 is 45.3. The van der Waals surface area contributed by atoms with Gasteiger partial charge in [0.05, 0.1) is 0 Å². The van der Waals surface area contributed by atoms with Crippen LogP contribution >= 0.6 is 0 Å². The molecule has 0 aromatic heterocycles. The molecule has 1 rings (SSSR count). The van der Waals surface area contributed by atoms with E-state index in [1.165, 1.54) is 0 Å². The van der Waals surface area contributed by atoms with Crippen LogP contribution in [0.4, 0.5) is 13.2 Å². The Morgan fingerprint density at radius 3 is 2.07 bits per heavy atom. The summed E-state index contributed by atoms with van der Waals surface area (Å²) in [5, 5.41) is 8.58. The maximum Gasteiger partial charge on any atom is 0.448 e. The van der Waals surface area contributed by atoms with Gasteiger partial charge in [-0.1, -0.05) is 0 Å². The highest BCUT2D eigenvalue weighted by Gasteiger charge is 2.35. The van der Waals surface area contributed by atoms with E-state index in [0.717, 1.165) is 0 Å². The van der Waals surface area contributed by atoms with Gasteiger partial charge in [0.2, 0.25) is 5.76 Å². The van der Waals surface area contributed by atoms with Crippen molar-refractivity contribution in [1.82, 2.24) is 0 Å². The van der Waals surface area contributed by atoms with E-state index >= 15 is 0 Å². The molecule has 14 heavy (non-hydrogen) atoms. The summed E-state index contributed by atoms with van der Waals surface area (Å²) in [6, 6.07) is 0. The van der Waals surface area contributed by atoms with Gasteiger partial charge in [0.25, 0.3) is 6.29 Å². The van der Waals surface area contributed by atoms with Gasteiger partial charge in [0.1, 0.15) is 11.5 Å². The molecule has 6 heteroatoms. The molecule has 1 heterocycles. The van der Waals surface area contributed by atoms with Crippen LogP contribution < -0.4 is 0 Å². The largest absolute Gasteiger partial charge is 0.504 e. The topological polar surface area (TPSA) is 38.7 Å². The Labute approximate surface area is 78.4 Å². The first kappa shape index (κ1) is 10.7. The lowest BCUT2D eigenvalue weighted by Gasteiger charge is -2.09. The molecule has 1 N–H and O–H groups in total. The lowest BCUT2D eigenvalue weighted by molar-refractivity contribution is -0.123. The van der Waals surface area contributed by atoms with E-state index in [4.69, 9.17) is 14.6 Å². The molecule has 0 amide bonds. The van der Waals surface area contributed by atoms with Gasteiger partial charge in [0, 0.05) is 6.08 Å². The van der Waals surface area contributed by atoms with E-state index in [1.54, 1.807) is 13.8 Å². The number of hydrogen-bond acceptors (Lipinski definition) is 3. The zero-order valence-electron chi connectivity index (χ0n) is 7.55. The molecule has 0 saturated heterocycles. The summed E-state index contributed by atoms with van der Waals surface area (Å²) in [7, 11) is 0. The molecule has 3 nitrogen and oxygen atoms in total. The fraction of sp³-hybridized carbons (Fsp3) is 0.500. The van der Waals surface area contributed by atoms with Gasteiger partial charge in [-0.2, -0.15) is 13.2 Å². The Morgan fingerprint density at radius 2 is 1.71 bits per heavy atom. The summed E-state index contributed by atoms with van der Waals surface area (Å²) >= 11 is 0. The molecular formula is C8H9F3O3. The number of ether oxygens (including phenoxy) is 2. The molecule has 0 atom stereocenters. The first-order valence-electron chi connectivity index (χ1n) is 3.79. The number of hydrogen-bond donors (Lipinski definition) is 1. The highest BCUT2D eigenvalue weighted by Crippen LogP contribution is 2.27.